The Kier molecular flexibility index (Phi) is 8.66. The van der Waals surface area contributed by atoms with Gasteiger partial charge in [0.15, 0.2) is 0 Å². The second kappa shape index (κ2) is 12.8. The Morgan fingerprint density at radius 2 is 1.65 bits per heavy atom. The molecule has 0 radical (unpaired) electrons. The molecule has 2 aromatic carbocycles. The lowest BCUT2D eigenvalue weighted by molar-refractivity contribution is 0.0923. The summed E-state index contributed by atoms with van der Waals surface area (Å²) in [5.41, 5.74) is 4.58. The van der Waals surface area contributed by atoms with E-state index in [2.05, 4.69) is 51.7 Å². The second-order valence-corrected chi connectivity index (χ2v) is 12.5. The number of nitrogens with zero attached hydrogens (tertiary/aromatic N) is 3. The molecule has 3 atom stereocenters. The number of likely N-dealkylation sites (tertiary alicyclic amines) is 1. The zero-order valence-electron chi connectivity index (χ0n) is 25.5. The van der Waals surface area contributed by atoms with Gasteiger partial charge in [-0.25, -0.2) is 4.98 Å². The molecule has 3 aliphatic heterocycles. The van der Waals surface area contributed by atoms with Crippen LogP contribution < -0.4 is 20.3 Å². The summed E-state index contributed by atoms with van der Waals surface area (Å²) in [5.74, 6) is 2.10. The molecule has 3 saturated heterocycles. The molecule has 3 aromatic rings. The predicted molar refractivity (Wildman–Crippen MR) is 169 cm³/mol. The van der Waals surface area contributed by atoms with E-state index in [4.69, 9.17) is 9.72 Å². The Morgan fingerprint density at radius 3 is 2.30 bits per heavy atom. The van der Waals surface area contributed by atoms with E-state index in [1.807, 2.05) is 37.3 Å². The van der Waals surface area contributed by atoms with Crippen molar-refractivity contribution in [2.45, 2.75) is 76.0 Å². The third-order valence-corrected chi connectivity index (χ3v) is 9.71. The van der Waals surface area contributed by atoms with Gasteiger partial charge in [0.2, 0.25) is 0 Å². The zero-order chi connectivity index (χ0) is 29.9. The van der Waals surface area contributed by atoms with Gasteiger partial charge >= 0.3 is 0 Å². The van der Waals surface area contributed by atoms with Gasteiger partial charge in [0, 0.05) is 42.0 Å². The maximum atomic E-state index is 13.1. The minimum absolute atomic E-state index is 0.0454. The largest absolute Gasteiger partial charge is 0.496 e. The molecule has 6 rings (SSSR count). The first kappa shape index (κ1) is 29.2. The Hall–Kier alpha value is -3.91. The normalized spacial score (nSPS) is 22.3. The van der Waals surface area contributed by atoms with E-state index in [1.165, 1.54) is 18.4 Å². The summed E-state index contributed by atoms with van der Waals surface area (Å²) in [4.78, 5) is 35.5. The molecule has 3 aliphatic rings. The Bertz CT molecular complexity index is 1420. The van der Waals surface area contributed by atoms with E-state index >= 15 is 0 Å². The number of methoxy groups -OCH3 is 1. The third-order valence-electron chi connectivity index (χ3n) is 9.71. The fourth-order valence-electron chi connectivity index (χ4n) is 7.22. The van der Waals surface area contributed by atoms with Crippen molar-refractivity contribution in [1.29, 1.82) is 0 Å². The van der Waals surface area contributed by atoms with Crippen molar-refractivity contribution in [3.05, 3.63) is 88.6 Å². The maximum Gasteiger partial charge on any atom is 0.253 e. The van der Waals surface area contributed by atoms with Gasteiger partial charge in [-0.15, -0.1) is 0 Å². The van der Waals surface area contributed by atoms with Crippen LogP contribution in [0.5, 0.6) is 5.75 Å². The van der Waals surface area contributed by atoms with Crippen molar-refractivity contribution in [2.75, 3.05) is 32.1 Å². The number of hydrogen-bond acceptors (Lipinski definition) is 6. The number of aromatic nitrogens is 1. The molecule has 1 aromatic heterocycles. The van der Waals surface area contributed by atoms with Crippen molar-refractivity contribution in [1.82, 2.24) is 20.5 Å². The number of nitrogens with one attached hydrogen (secondary N) is 2. The predicted octanol–water partition coefficient (Wildman–Crippen LogP) is 5.07. The molecule has 43 heavy (non-hydrogen) atoms. The van der Waals surface area contributed by atoms with E-state index in [0.29, 0.717) is 35.7 Å². The number of fused-ring (bicyclic) bond motifs is 2. The van der Waals surface area contributed by atoms with E-state index in [0.717, 1.165) is 61.5 Å². The molecule has 2 N–H and O–H groups in total. The number of carbonyl (C=O) groups excluding carboxylic acids is 2. The number of ether oxygens (including phenoxy) is 1. The highest BCUT2D eigenvalue weighted by Crippen LogP contribution is 2.39. The second-order valence-electron chi connectivity index (χ2n) is 12.5. The first-order chi connectivity index (χ1) is 20.9. The van der Waals surface area contributed by atoms with Crippen LogP contribution in [0.15, 0.2) is 60.8 Å². The van der Waals surface area contributed by atoms with Crippen LogP contribution in [0.3, 0.4) is 0 Å². The smallest absolute Gasteiger partial charge is 0.253 e. The number of benzene rings is 2. The molecular formula is C35H43N5O3. The summed E-state index contributed by atoms with van der Waals surface area (Å²) in [6.45, 7) is 4.71. The molecule has 0 spiro atoms. The van der Waals surface area contributed by atoms with Crippen molar-refractivity contribution < 1.29 is 14.3 Å². The number of hydrogen-bond donors (Lipinski definition) is 2. The average Bonchev–Trinajstić information content (AvgIpc) is 3.30. The van der Waals surface area contributed by atoms with Crippen LogP contribution >= 0.6 is 0 Å². The summed E-state index contributed by atoms with van der Waals surface area (Å²) in [6, 6.07) is 18.9. The van der Waals surface area contributed by atoms with Crippen molar-refractivity contribution in [3.8, 4) is 5.75 Å². The Morgan fingerprint density at radius 1 is 0.930 bits per heavy atom. The summed E-state index contributed by atoms with van der Waals surface area (Å²) in [5, 5.41) is 6.33. The van der Waals surface area contributed by atoms with Gasteiger partial charge < -0.3 is 25.2 Å². The number of piperidine rings is 2. The zero-order valence-corrected chi connectivity index (χ0v) is 25.5. The fourth-order valence-corrected chi connectivity index (χ4v) is 7.22. The number of amides is 2. The van der Waals surface area contributed by atoms with Gasteiger partial charge in [-0.1, -0.05) is 30.3 Å². The van der Waals surface area contributed by atoms with Gasteiger partial charge in [0.05, 0.1) is 12.7 Å². The molecule has 0 unspecified atom stereocenters. The molecule has 3 fully saturated rings. The van der Waals surface area contributed by atoms with E-state index in [9.17, 15) is 9.59 Å². The van der Waals surface area contributed by atoms with Crippen LogP contribution in [0.25, 0.3) is 0 Å². The first-order valence-electron chi connectivity index (χ1n) is 15.6. The number of carbonyl (C=O) groups is 2. The lowest BCUT2D eigenvalue weighted by atomic mass is 9.89. The van der Waals surface area contributed by atoms with Crippen LogP contribution in [0, 0.1) is 6.92 Å². The summed E-state index contributed by atoms with van der Waals surface area (Å²) in [6.07, 6.45) is 8.01. The highest BCUT2D eigenvalue weighted by molar-refractivity contribution is 5.96. The van der Waals surface area contributed by atoms with E-state index in [1.54, 1.807) is 13.3 Å². The minimum atomic E-state index is -0.115. The highest BCUT2D eigenvalue weighted by atomic mass is 16.5. The van der Waals surface area contributed by atoms with Gasteiger partial charge in [0.25, 0.3) is 11.8 Å². The van der Waals surface area contributed by atoms with Crippen molar-refractivity contribution in [2.24, 2.45) is 0 Å². The molecule has 4 heterocycles. The van der Waals surface area contributed by atoms with Gasteiger partial charge in [-0.2, -0.15) is 0 Å². The fraction of sp³-hybridized carbons (Fsp3) is 0.457. The lowest BCUT2D eigenvalue weighted by Crippen LogP contribution is -2.50. The molecular weight excluding hydrogens is 538 g/mol. The Labute approximate surface area is 254 Å². The molecule has 8 heteroatoms. The summed E-state index contributed by atoms with van der Waals surface area (Å²) < 4.78 is 5.40. The molecule has 2 bridgehead atoms. The minimum Gasteiger partial charge on any atom is -0.496 e. The molecule has 226 valence electrons. The van der Waals surface area contributed by atoms with Gasteiger partial charge in [-0.05, 0) is 107 Å². The lowest BCUT2D eigenvalue weighted by Gasteiger charge is -2.40. The monoisotopic (exact) mass is 581 g/mol. The maximum absolute atomic E-state index is 13.1. The molecule has 0 saturated carbocycles. The summed E-state index contributed by atoms with van der Waals surface area (Å²) >= 11 is 0. The molecule has 2 amide bonds. The van der Waals surface area contributed by atoms with Crippen LogP contribution in [-0.2, 0) is 6.54 Å². The van der Waals surface area contributed by atoms with Crippen LogP contribution in [-0.4, -0.2) is 67.1 Å². The highest BCUT2D eigenvalue weighted by Gasteiger charge is 2.42. The van der Waals surface area contributed by atoms with Crippen LogP contribution in [0.2, 0.25) is 0 Å². The third kappa shape index (κ3) is 6.39. The van der Waals surface area contributed by atoms with Crippen molar-refractivity contribution >= 4 is 17.6 Å². The van der Waals surface area contributed by atoms with Gasteiger partial charge in [-0.3, -0.25) is 9.59 Å². The topological polar surface area (TPSA) is 86.8 Å². The van der Waals surface area contributed by atoms with Crippen molar-refractivity contribution in [3.63, 3.8) is 0 Å². The number of pyridine rings is 1. The SMILES string of the molecule is COc1cccc(C(=O)N[C@H]2C[C@H]3CC[C@@H](C2)N3c2ccc(C(=O)NCc3ccc(C4CCN(C)CC4)cc3)cn2)c1C. The molecule has 8 nitrogen and oxygen atoms in total. The number of rotatable bonds is 8. The first-order valence-corrected chi connectivity index (χ1v) is 15.6. The van der Waals surface area contributed by atoms with E-state index in [-0.39, 0.29) is 17.9 Å². The van der Waals surface area contributed by atoms with Crippen LogP contribution in [0.4, 0.5) is 5.82 Å². The standard InChI is InChI=1S/C35H43N5O3/c1-23-31(5-4-6-32(23)43-3)35(42)38-28-19-29-12-13-30(20-28)40(29)33-14-11-27(22-36-33)34(41)37-21-24-7-9-25(10-8-24)26-15-17-39(2)18-16-26/h4-11,14,22,26,28-30H,12-13,15-21H2,1-3H3,(H,37,41)(H,38,42)/t28-,29+,30-. The van der Waals surface area contributed by atoms with Crippen LogP contribution in [0.1, 0.15) is 81.8 Å². The Balaban J connectivity index is 1.01. The molecule has 0 aliphatic carbocycles. The summed E-state index contributed by atoms with van der Waals surface area (Å²) in [7, 11) is 3.81. The number of anilines is 1. The quantitative estimate of drug-likeness (QED) is 0.387. The van der Waals surface area contributed by atoms with Gasteiger partial charge in [0.1, 0.15) is 11.6 Å². The van der Waals surface area contributed by atoms with E-state index < -0.39 is 0 Å². The average molecular weight is 582 g/mol.